The molecule has 0 fully saturated rings. The van der Waals surface area contributed by atoms with Crippen molar-refractivity contribution in [3.05, 3.63) is 58.7 Å². The second kappa shape index (κ2) is 13.2. The summed E-state index contributed by atoms with van der Waals surface area (Å²) in [6, 6.07) is -0.696. The fourth-order valence-corrected chi connectivity index (χ4v) is 3.70. The van der Waals surface area contributed by atoms with Gasteiger partial charge in [-0.1, -0.05) is 55.4 Å². The number of nitrogens with two attached hydrogens (primary N) is 1. The molecular formula is C26H40N2O2. The van der Waals surface area contributed by atoms with Crippen LogP contribution in [-0.4, -0.2) is 29.9 Å². The van der Waals surface area contributed by atoms with Gasteiger partial charge in [-0.3, -0.25) is 4.99 Å². The predicted octanol–water partition coefficient (Wildman–Crippen LogP) is 6.17. The summed E-state index contributed by atoms with van der Waals surface area (Å²) in [5.41, 5.74) is 10.9. The number of hydrogen-bond donors (Lipinski definition) is 2. The second-order valence-corrected chi connectivity index (χ2v) is 8.88. The summed E-state index contributed by atoms with van der Waals surface area (Å²) < 4.78 is 0. The number of hydrogen-bond acceptors (Lipinski definition) is 3. The molecule has 1 aliphatic carbocycles. The molecule has 0 amide bonds. The monoisotopic (exact) mass is 412 g/mol. The van der Waals surface area contributed by atoms with Crippen LogP contribution in [0.1, 0.15) is 73.1 Å². The molecule has 0 saturated carbocycles. The molecule has 0 aromatic heterocycles. The van der Waals surface area contributed by atoms with E-state index in [2.05, 4.69) is 50.9 Å². The van der Waals surface area contributed by atoms with Crippen LogP contribution < -0.4 is 5.73 Å². The number of rotatable bonds is 11. The summed E-state index contributed by atoms with van der Waals surface area (Å²) in [6.45, 7) is 11.6. The average molecular weight is 413 g/mol. The Hall–Kier alpha value is -2.20. The molecule has 4 heteroatoms. The Morgan fingerprint density at radius 2 is 1.90 bits per heavy atom. The van der Waals surface area contributed by atoms with E-state index in [-0.39, 0.29) is 5.41 Å². The molecule has 4 nitrogen and oxygen atoms in total. The van der Waals surface area contributed by atoms with E-state index in [9.17, 15) is 9.90 Å². The van der Waals surface area contributed by atoms with Crippen LogP contribution in [0.25, 0.3) is 0 Å². The number of unbranched alkanes of at least 4 members (excludes halogenated alkanes) is 1. The van der Waals surface area contributed by atoms with Crippen molar-refractivity contribution in [1.82, 2.24) is 0 Å². The maximum absolute atomic E-state index is 11.3. The molecule has 166 valence electrons. The first kappa shape index (κ1) is 25.8. The zero-order valence-corrected chi connectivity index (χ0v) is 19.4. The molecular weight excluding hydrogens is 372 g/mol. The van der Waals surface area contributed by atoms with Gasteiger partial charge in [-0.25, -0.2) is 4.79 Å². The van der Waals surface area contributed by atoms with E-state index >= 15 is 0 Å². The molecule has 0 radical (unpaired) electrons. The van der Waals surface area contributed by atoms with Gasteiger partial charge in [0.25, 0.3) is 0 Å². The van der Waals surface area contributed by atoms with Crippen LogP contribution in [0, 0.1) is 5.41 Å². The van der Waals surface area contributed by atoms with E-state index in [1.807, 2.05) is 25.2 Å². The van der Waals surface area contributed by atoms with E-state index in [4.69, 9.17) is 5.73 Å². The van der Waals surface area contributed by atoms with Crippen molar-refractivity contribution in [2.45, 2.75) is 79.2 Å². The van der Waals surface area contributed by atoms with Crippen molar-refractivity contribution >= 4 is 12.2 Å². The second-order valence-electron chi connectivity index (χ2n) is 8.88. The number of aliphatic imine (C=N–C) groups is 1. The number of allylic oxidation sites excluding steroid dienone is 10. The summed E-state index contributed by atoms with van der Waals surface area (Å²) in [4.78, 5) is 15.4. The molecule has 0 heterocycles. The maximum Gasteiger partial charge on any atom is 0.328 e. The highest BCUT2D eigenvalue weighted by Gasteiger charge is 2.26. The van der Waals surface area contributed by atoms with Gasteiger partial charge in [-0.15, -0.1) is 0 Å². The van der Waals surface area contributed by atoms with E-state index in [1.54, 1.807) is 6.21 Å². The van der Waals surface area contributed by atoms with Crippen molar-refractivity contribution in [1.29, 1.82) is 0 Å². The largest absolute Gasteiger partial charge is 0.480 e. The van der Waals surface area contributed by atoms with Crippen molar-refractivity contribution in [2.75, 3.05) is 6.54 Å². The summed E-state index contributed by atoms with van der Waals surface area (Å²) in [7, 11) is 0. The van der Waals surface area contributed by atoms with Crippen molar-refractivity contribution in [3.8, 4) is 0 Å². The highest BCUT2D eigenvalue weighted by Crippen LogP contribution is 2.40. The number of aliphatic carboxylic acids is 1. The smallest absolute Gasteiger partial charge is 0.328 e. The fraction of sp³-hybridized carbons (Fsp3) is 0.538. The van der Waals surface area contributed by atoms with E-state index in [0.717, 1.165) is 18.4 Å². The Kier molecular flexibility index (Phi) is 11.3. The van der Waals surface area contributed by atoms with E-state index in [1.165, 1.54) is 36.0 Å². The SMILES string of the molecule is CC1=C(/C=C/C(C)=C/C=C/C(C)=C\C=N[C@@H](CCCCN)C(=O)O)C(C)(C)CCC1. The molecule has 1 atom stereocenters. The van der Waals surface area contributed by atoms with Crippen molar-refractivity contribution < 1.29 is 9.90 Å². The Morgan fingerprint density at radius 3 is 2.53 bits per heavy atom. The third-order valence-corrected chi connectivity index (χ3v) is 5.59. The summed E-state index contributed by atoms with van der Waals surface area (Å²) in [6.07, 6.45) is 19.9. The van der Waals surface area contributed by atoms with Gasteiger partial charge in [0.1, 0.15) is 6.04 Å². The lowest BCUT2D eigenvalue weighted by Crippen LogP contribution is -2.19. The number of carboxylic acid groups (broad SMARTS) is 1. The van der Waals surface area contributed by atoms with Gasteiger partial charge in [0.05, 0.1) is 0 Å². The maximum atomic E-state index is 11.3. The lowest BCUT2D eigenvalue weighted by Gasteiger charge is -2.32. The predicted molar refractivity (Wildman–Crippen MR) is 129 cm³/mol. The molecule has 0 bridgehead atoms. The van der Waals surface area contributed by atoms with E-state index in [0.29, 0.717) is 13.0 Å². The molecule has 0 aromatic rings. The standard InChI is InChI=1S/C26H40N2O2/c1-20(14-15-23-22(3)12-9-17-26(23,4)5)10-8-11-21(2)16-19-28-24(25(29)30)13-6-7-18-27/h8,10-11,14-16,19,24H,6-7,9,12-13,17-18,27H2,1-5H3,(H,29,30)/b11-8+,15-14+,20-10+,21-16-,28-19?/t24-/m0/s1. The molecule has 0 aromatic carbocycles. The topological polar surface area (TPSA) is 75.7 Å². The summed E-state index contributed by atoms with van der Waals surface area (Å²) in [5.74, 6) is -0.887. The van der Waals surface area contributed by atoms with Gasteiger partial charge >= 0.3 is 5.97 Å². The zero-order valence-electron chi connectivity index (χ0n) is 19.4. The van der Waals surface area contributed by atoms with Gasteiger partial charge in [0.2, 0.25) is 0 Å². The minimum absolute atomic E-state index is 0.256. The highest BCUT2D eigenvalue weighted by molar-refractivity contribution is 5.79. The van der Waals surface area contributed by atoms with Gasteiger partial charge in [0, 0.05) is 6.21 Å². The first-order chi connectivity index (χ1) is 14.2. The summed E-state index contributed by atoms with van der Waals surface area (Å²) >= 11 is 0. The third kappa shape index (κ3) is 9.53. The molecule has 0 aliphatic heterocycles. The van der Waals surface area contributed by atoms with Crippen LogP contribution >= 0.6 is 0 Å². The zero-order chi connectivity index (χ0) is 22.6. The van der Waals surface area contributed by atoms with Crippen LogP contribution in [0.5, 0.6) is 0 Å². The van der Waals surface area contributed by atoms with Gasteiger partial charge < -0.3 is 10.8 Å². The number of carbonyl (C=O) groups is 1. The number of carboxylic acids is 1. The van der Waals surface area contributed by atoms with Gasteiger partial charge in [0.15, 0.2) is 0 Å². The quantitative estimate of drug-likeness (QED) is 0.242. The van der Waals surface area contributed by atoms with Crippen LogP contribution in [0.4, 0.5) is 0 Å². The molecule has 3 N–H and O–H groups in total. The highest BCUT2D eigenvalue weighted by atomic mass is 16.4. The molecule has 0 spiro atoms. The minimum Gasteiger partial charge on any atom is -0.480 e. The van der Waals surface area contributed by atoms with Crippen LogP contribution in [0.3, 0.4) is 0 Å². The molecule has 0 unspecified atom stereocenters. The van der Waals surface area contributed by atoms with Crippen molar-refractivity contribution in [2.24, 2.45) is 16.1 Å². The molecule has 1 aliphatic rings. The molecule has 30 heavy (non-hydrogen) atoms. The van der Waals surface area contributed by atoms with Gasteiger partial charge in [-0.05, 0) is 88.5 Å². The average Bonchev–Trinajstić information content (AvgIpc) is 2.65. The number of nitrogens with zero attached hydrogens (tertiary/aromatic N) is 1. The summed E-state index contributed by atoms with van der Waals surface area (Å²) in [5, 5.41) is 9.24. The van der Waals surface area contributed by atoms with Gasteiger partial charge in [-0.2, -0.15) is 0 Å². The lowest BCUT2D eigenvalue weighted by atomic mass is 9.72. The minimum atomic E-state index is -0.887. The third-order valence-electron chi connectivity index (χ3n) is 5.59. The fourth-order valence-electron chi connectivity index (χ4n) is 3.70. The Morgan fingerprint density at radius 1 is 1.20 bits per heavy atom. The van der Waals surface area contributed by atoms with Crippen LogP contribution in [0.15, 0.2) is 63.7 Å². The Balaban J connectivity index is 2.67. The van der Waals surface area contributed by atoms with Crippen LogP contribution in [-0.2, 0) is 4.79 Å². The lowest BCUT2D eigenvalue weighted by molar-refractivity contribution is -0.138. The van der Waals surface area contributed by atoms with E-state index < -0.39 is 12.0 Å². The first-order valence-electron chi connectivity index (χ1n) is 11.0. The van der Waals surface area contributed by atoms with Crippen molar-refractivity contribution in [3.63, 3.8) is 0 Å². The first-order valence-corrected chi connectivity index (χ1v) is 11.0. The Labute approximate surface area is 183 Å². The normalized spacial score (nSPS) is 19.4. The molecule has 1 rings (SSSR count). The molecule has 0 saturated heterocycles. The Bertz CT molecular complexity index is 749. The van der Waals surface area contributed by atoms with Crippen LogP contribution in [0.2, 0.25) is 0 Å².